The number of carbonyl (C=O) groups is 1. The fourth-order valence-electron chi connectivity index (χ4n) is 0.567. The van der Waals surface area contributed by atoms with Crippen molar-refractivity contribution in [2.45, 2.75) is 20.3 Å². The lowest BCUT2D eigenvalue weighted by Crippen LogP contribution is -1.84. The summed E-state index contributed by atoms with van der Waals surface area (Å²) in [5, 5.41) is 8.20. The molecule has 0 aromatic carbocycles. The number of hydrogen-bond donors (Lipinski definition) is 1. The zero-order valence-corrected chi connectivity index (χ0v) is 6.95. The van der Waals surface area contributed by atoms with Gasteiger partial charge < -0.3 is 5.11 Å². The first-order chi connectivity index (χ1) is 5.13. The van der Waals surface area contributed by atoms with E-state index in [9.17, 15) is 4.79 Å². The Kier molecular flexibility index (Phi) is 5.17. The van der Waals surface area contributed by atoms with Crippen molar-refractivity contribution in [2.75, 3.05) is 0 Å². The van der Waals surface area contributed by atoms with Gasteiger partial charge in [-0.3, -0.25) is 0 Å². The van der Waals surface area contributed by atoms with Gasteiger partial charge in [0.15, 0.2) is 0 Å². The minimum absolute atomic E-state index is 0.629. The van der Waals surface area contributed by atoms with Crippen LogP contribution in [0.2, 0.25) is 0 Å². The van der Waals surface area contributed by atoms with Crippen molar-refractivity contribution in [3.8, 4) is 0 Å². The number of aliphatic carboxylic acids is 1. The topological polar surface area (TPSA) is 37.3 Å². The molecule has 0 heterocycles. The second kappa shape index (κ2) is 5.71. The smallest absolute Gasteiger partial charge is 0.328 e. The SMILES string of the molecule is CC(C)C/C=C/C=C/C(=O)O. The summed E-state index contributed by atoms with van der Waals surface area (Å²) >= 11 is 0. The second-order valence-corrected chi connectivity index (χ2v) is 2.76. The standard InChI is InChI=1S/C9H14O2/c1-8(2)6-4-3-5-7-9(10)11/h3-5,7-8H,6H2,1-2H3,(H,10,11)/b4-3+,7-5+. The molecule has 0 fully saturated rings. The van der Waals surface area contributed by atoms with Crippen molar-refractivity contribution in [3.05, 3.63) is 24.3 Å². The van der Waals surface area contributed by atoms with E-state index in [-0.39, 0.29) is 0 Å². The van der Waals surface area contributed by atoms with Gasteiger partial charge in [-0.25, -0.2) is 4.79 Å². The lowest BCUT2D eigenvalue weighted by atomic mass is 10.1. The van der Waals surface area contributed by atoms with Gasteiger partial charge in [0.1, 0.15) is 0 Å². The summed E-state index contributed by atoms with van der Waals surface area (Å²) in [6, 6.07) is 0. The van der Waals surface area contributed by atoms with E-state index in [0.717, 1.165) is 12.5 Å². The molecule has 0 aliphatic rings. The van der Waals surface area contributed by atoms with Crippen molar-refractivity contribution in [3.63, 3.8) is 0 Å². The molecule has 0 saturated carbocycles. The summed E-state index contributed by atoms with van der Waals surface area (Å²) in [7, 11) is 0. The molecule has 0 radical (unpaired) electrons. The van der Waals surface area contributed by atoms with E-state index < -0.39 is 5.97 Å². The van der Waals surface area contributed by atoms with Crippen LogP contribution >= 0.6 is 0 Å². The highest BCUT2D eigenvalue weighted by atomic mass is 16.4. The van der Waals surface area contributed by atoms with Gasteiger partial charge in [0.05, 0.1) is 0 Å². The molecule has 0 atom stereocenters. The molecule has 0 amide bonds. The van der Waals surface area contributed by atoms with Crippen LogP contribution in [-0.2, 0) is 4.79 Å². The molecular formula is C9H14O2. The van der Waals surface area contributed by atoms with Crippen molar-refractivity contribution in [1.29, 1.82) is 0 Å². The molecule has 0 aromatic heterocycles. The highest BCUT2D eigenvalue weighted by Gasteiger charge is 1.85. The lowest BCUT2D eigenvalue weighted by Gasteiger charge is -1.94. The van der Waals surface area contributed by atoms with Crippen LogP contribution in [-0.4, -0.2) is 11.1 Å². The molecule has 2 nitrogen and oxygen atoms in total. The van der Waals surface area contributed by atoms with E-state index in [0.29, 0.717) is 5.92 Å². The largest absolute Gasteiger partial charge is 0.478 e. The molecule has 0 aromatic rings. The quantitative estimate of drug-likeness (QED) is 0.498. The number of allylic oxidation sites excluding steroid dienone is 3. The maximum atomic E-state index is 9.98. The summed E-state index contributed by atoms with van der Waals surface area (Å²) in [4.78, 5) is 9.98. The van der Waals surface area contributed by atoms with Gasteiger partial charge in [0, 0.05) is 6.08 Å². The number of rotatable bonds is 4. The monoisotopic (exact) mass is 154 g/mol. The van der Waals surface area contributed by atoms with Gasteiger partial charge in [-0.15, -0.1) is 0 Å². The Morgan fingerprint density at radius 1 is 1.45 bits per heavy atom. The van der Waals surface area contributed by atoms with Crippen molar-refractivity contribution < 1.29 is 9.90 Å². The Bertz CT molecular complexity index is 166. The number of carboxylic acids is 1. The molecule has 62 valence electrons. The van der Waals surface area contributed by atoms with E-state index in [4.69, 9.17) is 5.11 Å². The Hall–Kier alpha value is -1.05. The van der Waals surface area contributed by atoms with Gasteiger partial charge in [-0.05, 0) is 12.3 Å². The van der Waals surface area contributed by atoms with Crippen LogP contribution in [0.4, 0.5) is 0 Å². The molecule has 1 N–H and O–H groups in total. The first-order valence-electron chi connectivity index (χ1n) is 3.69. The van der Waals surface area contributed by atoms with Crippen molar-refractivity contribution >= 4 is 5.97 Å². The third kappa shape index (κ3) is 8.95. The molecule has 0 saturated heterocycles. The Balaban J connectivity index is 3.52. The van der Waals surface area contributed by atoms with Crippen molar-refractivity contribution in [1.82, 2.24) is 0 Å². The highest BCUT2D eigenvalue weighted by Crippen LogP contribution is 1.99. The first-order valence-corrected chi connectivity index (χ1v) is 3.69. The van der Waals surface area contributed by atoms with Gasteiger partial charge in [-0.1, -0.05) is 32.1 Å². The molecule has 0 aliphatic heterocycles. The fraction of sp³-hybridized carbons (Fsp3) is 0.444. The van der Waals surface area contributed by atoms with E-state index in [1.807, 2.05) is 6.08 Å². The maximum absolute atomic E-state index is 9.98. The molecule has 0 bridgehead atoms. The van der Waals surface area contributed by atoms with Crippen LogP contribution in [0, 0.1) is 5.92 Å². The summed E-state index contributed by atoms with van der Waals surface area (Å²) in [5.41, 5.74) is 0. The predicted molar refractivity (Wildman–Crippen MR) is 45.4 cm³/mol. The molecule has 0 aliphatic carbocycles. The van der Waals surface area contributed by atoms with E-state index in [1.54, 1.807) is 6.08 Å². The van der Waals surface area contributed by atoms with Gasteiger partial charge in [-0.2, -0.15) is 0 Å². The minimum atomic E-state index is -0.904. The van der Waals surface area contributed by atoms with Crippen LogP contribution in [0.25, 0.3) is 0 Å². The van der Waals surface area contributed by atoms with Gasteiger partial charge in [0.25, 0.3) is 0 Å². The zero-order chi connectivity index (χ0) is 8.69. The second-order valence-electron chi connectivity index (χ2n) is 2.76. The van der Waals surface area contributed by atoms with E-state index >= 15 is 0 Å². The summed E-state index contributed by atoms with van der Waals surface area (Å²) in [6.07, 6.45) is 7.36. The van der Waals surface area contributed by atoms with Crippen molar-refractivity contribution in [2.24, 2.45) is 5.92 Å². The molecule has 11 heavy (non-hydrogen) atoms. The lowest BCUT2D eigenvalue weighted by molar-refractivity contribution is -0.131. The Labute approximate surface area is 67.2 Å². The normalized spacial score (nSPS) is 11.9. The van der Waals surface area contributed by atoms with Crippen LogP contribution in [0.1, 0.15) is 20.3 Å². The first kappa shape index (κ1) is 9.95. The van der Waals surface area contributed by atoms with Crippen LogP contribution in [0.15, 0.2) is 24.3 Å². The molecule has 0 unspecified atom stereocenters. The Morgan fingerprint density at radius 3 is 2.55 bits per heavy atom. The number of hydrogen-bond acceptors (Lipinski definition) is 1. The van der Waals surface area contributed by atoms with Crippen LogP contribution in [0.3, 0.4) is 0 Å². The third-order valence-corrected chi connectivity index (χ3v) is 1.09. The number of carboxylic acid groups (broad SMARTS) is 1. The molecule has 0 rings (SSSR count). The summed E-state index contributed by atoms with van der Waals surface area (Å²) < 4.78 is 0. The average Bonchev–Trinajstić information content (AvgIpc) is 1.85. The third-order valence-electron chi connectivity index (χ3n) is 1.09. The maximum Gasteiger partial charge on any atom is 0.328 e. The van der Waals surface area contributed by atoms with Gasteiger partial charge in [0.2, 0.25) is 0 Å². The highest BCUT2D eigenvalue weighted by molar-refractivity contribution is 5.80. The Morgan fingerprint density at radius 2 is 2.09 bits per heavy atom. The van der Waals surface area contributed by atoms with E-state index in [1.165, 1.54) is 6.08 Å². The molecule has 2 heteroatoms. The summed E-state index contributed by atoms with van der Waals surface area (Å²) in [5.74, 6) is -0.274. The van der Waals surface area contributed by atoms with Crippen LogP contribution in [0.5, 0.6) is 0 Å². The van der Waals surface area contributed by atoms with Crippen LogP contribution < -0.4 is 0 Å². The molecular weight excluding hydrogens is 140 g/mol. The molecule has 0 spiro atoms. The zero-order valence-electron chi connectivity index (χ0n) is 6.95. The van der Waals surface area contributed by atoms with Gasteiger partial charge >= 0.3 is 5.97 Å². The predicted octanol–water partition coefficient (Wildman–Crippen LogP) is 2.23. The summed E-state index contributed by atoms with van der Waals surface area (Å²) in [6.45, 7) is 4.23. The minimum Gasteiger partial charge on any atom is -0.478 e. The van der Waals surface area contributed by atoms with E-state index in [2.05, 4.69) is 13.8 Å². The average molecular weight is 154 g/mol. The fourth-order valence-corrected chi connectivity index (χ4v) is 0.567.